The van der Waals surface area contributed by atoms with E-state index < -0.39 is 36.0 Å². The molecule has 152 valence electrons. The summed E-state index contributed by atoms with van der Waals surface area (Å²) in [7, 11) is 1.28. The second-order valence-electron chi connectivity index (χ2n) is 5.64. The molecule has 0 aliphatic rings. The van der Waals surface area contributed by atoms with Gasteiger partial charge >= 0.3 is 17.6 Å². The zero-order valence-electron chi connectivity index (χ0n) is 15.5. The molecule has 0 atom stereocenters. The van der Waals surface area contributed by atoms with Crippen LogP contribution in [-0.4, -0.2) is 43.1 Å². The van der Waals surface area contributed by atoms with Crippen molar-refractivity contribution >= 4 is 23.5 Å². The first-order valence-corrected chi connectivity index (χ1v) is 8.36. The fourth-order valence-electron chi connectivity index (χ4n) is 2.18. The smallest absolute Gasteiger partial charge is 0.344 e. The SMILES string of the molecule is COC(=O)c1ccc(CNC(=O)COC(=O)COc2ccccc2[N+](=O)[O-])cc1. The molecule has 0 spiro atoms. The minimum atomic E-state index is -0.847. The molecule has 0 bridgehead atoms. The summed E-state index contributed by atoms with van der Waals surface area (Å²) in [6, 6.07) is 12.0. The molecule has 0 radical (unpaired) electrons. The molecule has 29 heavy (non-hydrogen) atoms. The van der Waals surface area contributed by atoms with Gasteiger partial charge in [-0.05, 0) is 23.8 Å². The van der Waals surface area contributed by atoms with Crippen molar-refractivity contribution in [2.45, 2.75) is 6.54 Å². The summed E-state index contributed by atoms with van der Waals surface area (Å²) in [5.41, 5.74) is 0.837. The molecule has 0 aliphatic heterocycles. The number of methoxy groups -OCH3 is 1. The number of esters is 2. The molecule has 0 aromatic heterocycles. The molecule has 10 nitrogen and oxygen atoms in total. The number of rotatable bonds is 9. The van der Waals surface area contributed by atoms with Crippen LogP contribution in [0.2, 0.25) is 0 Å². The number of carbonyl (C=O) groups is 3. The van der Waals surface area contributed by atoms with Gasteiger partial charge in [-0.25, -0.2) is 9.59 Å². The van der Waals surface area contributed by atoms with Crippen LogP contribution in [-0.2, 0) is 25.6 Å². The number of amides is 1. The van der Waals surface area contributed by atoms with Crippen molar-refractivity contribution in [3.05, 3.63) is 69.8 Å². The Labute approximate surface area is 165 Å². The van der Waals surface area contributed by atoms with Gasteiger partial charge in [-0.2, -0.15) is 0 Å². The maximum Gasteiger partial charge on any atom is 0.344 e. The van der Waals surface area contributed by atoms with E-state index in [0.29, 0.717) is 5.56 Å². The van der Waals surface area contributed by atoms with Gasteiger partial charge < -0.3 is 19.5 Å². The molecular formula is C19H18N2O8. The van der Waals surface area contributed by atoms with Gasteiger partial charge in [0.1, 0.15) is 0 Å². The molecule has 2 aromatic carbocycles. The number of nitro benzene ring substituents is 1. The van der Waals surface area contributed by atoms with E-state index >= 15 is 0 Å². The molecule has 2 aromatic rings. The van der Waals surface area contributed by atoms with Gasteiger partial charge in [0.15, 0.2) is 19.0 Å². The quantitative estimate of drug-likeness (QED) is 0.380. The number of hydrogen-bond acceptors (Lipinski definition) is 8. The van der Waals surface area contributed by atoms with Crippen LogP contribution in [0.3, 0.4) is 0 Å². The summed E-state index contributed by atoms with van der Waals surface area (Å²) in [5.74, 6) is -1.92. The predicted octanol–water partition coefficient (Wildman–Crippen LogP) is 1.62. The lowest BCUT2D eigenvalue weighted by Crippen LogP contribution is -2.29. The zero-order valence-corrected chi connectivity index (χ0v) is 15.5. The Hall–Kier alpha value is -3.95. The number of nitrogens with zero attached hydrogens (tertiary/aromatic N) is 1. The monoisotopic (exact) mass is 402 g/mol. The van der Waals surface area contributed by atoms with Crippen molar-refractivity contribution in [2.75, 3.05) is 20.3 Å². The Balaban J connectivity index is 1.73. The van der Waals surface area contributed by atoms with E-state index in [1.165, 1.54) is 31.4 Å². The first-order valence-electron chi connectivity index (χ1n) is 8.36. The standard InChI is InChI=1S/C19H18N2O8/c1-27-19(24)14-8-6-13(7-9-14)10-20-17(22)11-29-18(23)12-28-16-5-3-2-4-15(16)21(25)26/h2-9H,10-12H2,1H3,(H,20,22). The van der Waals surface area contributed by atoms with Crippen LogP contribution < -0.4 is 10.1 Å². The average Bonchev–Trinajstić information content (AvgIpc) is 2.74. The predicted molar refractivity (Wildman–Crippen MR) is 99.2 cm³/mol. The maximum absolute atomic E-state index is 11.8. The van der Waals surface area contributed by atoms with Crippen LogP contribution in [0.15, 0.2) is 48.5 Å². The molecule has 0 unspecified atom stereocenters. The Morgan fingerprint density at radius 2 is 1.72 bits per heavy atom. The number of para-hydroxylation sites is 2. The number of nitrogens with one attached hydrogen (secondary N) is 1. The van der Waals surface area contributed by atoms with E-state index in [-0.39, 0.29) is 18.0 Å². The number of carbonyl (C=O) groups excluding carboxylic acids is 3. The highest BCUT2D eigenvalue weighted by molar-refractivity contribution is 5.89. The Bertz CT molecular complexity index is 895. The molecule has 1 N–H and O–H groups in total. The third kappa shape index (κ3) is 6.61. The van der Waals surface area contributed by atoms with Crippen LogP contribution in [0.1, 0.15) is 15.9 Å². The fraction of sp³-hybridized carbons (Fsp3) is 0.211. The third-order valence-corrected chi connectivity index (χ3v) is 3.64. The van der Waals surface area contributed by atoms with Crippen LogP contribution in [0.25, 0.3) is 0 Å². The molecule has 0 heterocycles. The van der Waals surface area contributed by atoms with E-state index in [1.807, 2.05) is 0 Å². The molecular weight excluding hydrogens is 384 g/mol. The van der Waals surface area contributed by atoms with Gasteiger partial charge in [0.25, 0.3) is 5.91 Å². The van der Waals surface area contributed by atoms with Crippen molar-refractivity contribution in [3.63, 3.8) is 0 Å². The number of hydrogen-bond donors (Lipinski definition) is 1. The van der Waals surface area contributed by atoms with Gasteiger partial charge in [0.05, 0.1) is 17.6 Å². The lowest BCUT2D eigenvalue weighted by atomic mass is 10.1. The first kappa shape index (κ1) is 21.4. The lowest BCUT2D eigenvalue weighted by Gasteiger charge is -2.08. The maximum atomic E-state index is 11.8. The molecule has 2 rings (SSSR count). The van der Waals surface area contributed by atoms with Crippen LogP contribution in [0.5, 0.6) is 5.75 Å². The van der Waals surface area contributed by atoms with Gasteiger partial charge in [-0.3, -0.25) is 14.9 Å². The van der Waals surface area contributed by atoms with E-state index in [9.17, 15) is 24.5 Å². The second-order valence-corrected chi connectivity index (χ2v) is 5.64. The molecule has 10 heteroatoms. The van der Waals surface area contributed by atoms with Gasteiger partial charge in [0.2, 0.25) is 0 Å². The summed E-state index contributed by atoms with van der Waals surface area (Å²) >= 11 is 0. The zero-order chi connectivity index (χ0) is 21.2. The van der Waals surface area contributed by atoms with E-state index in [4.69, 9.17) is 9.47 Å². The van der Waals surface area contributed by atoms with Crippen LogP contribution >= 0.6 is 0 Å². The Morgan fingerprint density at radius 1 is 1.03 bits per heavy atom. The highest BCUT2D eigenvalue weighted by Crippen LogP contribution is 2.25. The largest absolute Gasteiger partial charge is 0.475 e. The highest BCUT2D eigenvalue weighted by Gasteiger charge is 2.16. The molecule has 0 saturated heterocycles. The number of ether oxygens (including phenoxy) is 3. The van der Waals surface area contributed by atoms with Crippen molar-refractivity contribution in [1.82, 2.24) is 5.32 Å². The lowest BCUT2D eigenvalue weighted by molar-refractivity contribution is -0.385. The Kier molecular flexibility index (Phi) is 7.66. The molecule has 0 aliphatic carbocycles. The van der Waals surface area contributed by atoms with Crippen LogP contribution in [0.4, 0.5) is 5.69 Å². The Morgan fingerprint density at radius 3 is 2.38 bits per heavy atom. The fourth-order valence-corrected chi connectivity index (χ4v) is 2.18. The van der Waals surface area contributed by atoms with Crippen molar-refractivity contribution in [2.24, 2.45) is 0 Å². The van der Waals surface area contributed by atoms with E-state index in [2.05, 4.69) is 10.1 Å². The van der Waals surface area contributed by atoms with Crippen molar-refractivity contribution in [1.29, 1.82) is 0 Å². The summed E-state index contributed by atoms with van der Waals surface area (Å²) in [5, 5.41) is 13.4. The third-order valence-electron chi connectivity index (χ3n) is 3.64. The van der Waals surface area contributed by atoms with E-state index in [1.54, 1.807) is 24.3 Å². The summed E-state index contributed by atoms with van der Waals surface area (Å²) in [6.45, 7) is -0.934. The van der Waals surface area contributed by atoms with Crippen LogP contribution in [0, 0.1) is 10.1 Å². The van der Waals surface area contributed by atoms with Crippen molar-refractivity contribution in [3.8, 4) is 5.75 Å². The van der Waals surface area contributed by atoms with E-state index in [0.717, 1.165) is 5.56 Å². The topological polar surface area (TPSA) is 134 Å². The normalized spacial score (nSPS) is 9.97. The van der Waals surface area contributed by atoms with Gasteiger partial charge in [-0.15, -0.1) is 0 Å². The number of benzene rings is 2. The minimum Gasteiger partial charge on any atom is -0.475 e. The summed E-state index contributed by atoms with van der Waals surface area (Å²) in [4.78, 5) is 45.0. The summed E-state index contributed by atoms with van der Waals surface area (Å²) in [6.07, 6.45) is 0. The minimum absolute atomic E-state index is 0.0747. The average molecular weight is 402 g/mol. The second kappa shape index (κ2) is 10.4. The highest BCUT2D eigenvalue weighted by atomic mass is 16.6. The van der Waals surface area contributed by atoms with Gasteiger partial charge in [0, 0.05) is 12.6 Å². The summed E-state index contributed by atoms with van der Waals surface area (Å²) < 4.78 is 14.4. The number of nitro groups is 1. The molecule has 0 saturated carbocycles. The molecule has 0 fully saturated rings. The molecule has 1 amide bonds. The van der Waals surface area contributed by atoms with Crippen molar-refractivity contribution < 1.29 is 33.5 Å². The van der Waals surface area contributed by atoms with Gasteiger partial charge in [-0.1, -0.05) is 24.3 Å². The first-order chi connectivity index (χ1) is 13.9.